The fraction of sp³-hybridized carbons (Fsp3) is 0.238. The summed E-state index contributed by atoms with van der Waals surface area (Å²) in [6, 6.07) is 18.8. The van der Waals surface area contributed by atoms with E-state index in [1.807, 2.05) is 24.3 Å². The van der Waals surface area contributed by atoms with Crippen LogP contribution in [0.5, 0.6) is 5.75 Å². The molecule has 0 amide bonds. The molecule has 3 rings (SSSR count). The summed E-state index contributed by atoms with van der Waals surface area (Å²) in [7, 11) is -7.43. The van der Waals surface area contributed by atoms with Crippen molar-refractivity contribution in [1.82, 2.24) is 4.31 Å². The third-order valence-electron chi connectivity index (χ3n) is 4.39. The van der Waals surface area contributed by atoms with Crippen LogP contribution in [0.25, 0.3) is 10.8 Å². The Hall–Kier alpha value is -2.42. The molecule has 0 atom stereocenters. The molecule has 0 aromatic heterocycles. The molecule has 0 radical (unpaired) electrons. The highest BCUT2D eigenvalue weighted by Crippen LogP contribution is 2.26. The highest BCUT2D eigenvalue weighted by atomic mass is 32.2. The molecular weight excluding hydrogens is 410 g/mol. The first-order valence-corrected chi connectivity index (χ1v) is 12.3. The van der Waals surface area contributed by atoms with Crippen molar-refractivity contribution < 1.29 is 21.0 Å². The highest BCUT2D eigenvalue weighted by molar-refractivity contribution is 7.89. The van der Waals surface area contributed by atoms with Crippen molar-refractivity contribution >= 4 is 30.9 Å². The molecular formula is C21H23NO5S2. The second-order valence-corrected chi connectivity index (χ2v) is 10.6. The molecule has 0 heterocycles. The lowest BCUT2D eigenvalue weighted by atomic mass is 10.1. The molecule has 0 aliphatic heterocycles. The standard InChI is InChI=1S/C21H23NO5S2/c1-16(2)22(15-17-7-6-10-20(13-17)27-28(3,23)24)29(25,26)21-12-11-18-8-4-5-9-19(18)14-21/h4-14,16H,15H2,1-3H3. The predicted molar refractivity (Wildman–Crippen MR) is 114 cm³/mol. The Kier molecular flexibility index (Phi) is 5.97. The van der Waals surface area contributed by atoms with Crippen LogP contribution in [0.2, 0.25) is 0 Å². The SMILES string of the molecule is CC(C)N(Cc1cccc(OS(C)(=O)=O)c1)S(=O)(=O)c1ccc2ccccc2c1. The zero-order valence-electron chi connectivity index (χ0n) is 16.4. The lowest BCUT2D eigenvalue weighted by Crippen LogP contribution is -2.36. The fourth-order valence-corrected chi connectivity index (χ4v) is 5.17. The number of fused-ring (bicyclic) bond motifs is 1. The van der Waals surface area contributed by atoms with Gasteiger partial charge in [0.05, 0.1) is 11.2 Å². The molecule has 0 aliphatic rings. The zero-order valence-corrected chi connectivity index (χ0v) is 18.1. The van der Waals surface area contributed by atoms with Gasteiger partial charge in [-0.3, -0.25) is 0 Å². The number of hydrogen-bond acceptors (Lipinski definition) is 5. The maximum atomic E-state index is 13.3. The molecule has 3 aromatic rings. The van der Waals surface area contributed by atoms with Gasteiger partial charge in [-0.15, -0.1) is 0 Å². The lowest BCUT2D eigenvalue weighted by molar-refractivity contribution is 0.347. The van der Waals surface area contributed by atoms with Crippen LogP contribution in [0, 0.1) is 0 Å². The third-order valence-corrected chi connectivity index (χ3v) is 6.90. The second-order valence-electron chi connectivity index (χ2n) is 7.09. The number of benzene rings is 3. The van der Waals surface area contributed by atoms with E-state index in [-0.39, 0.29) is 23.2 Å². The lowest BCUT2D eigenvalue weighted by Gasteiger charge is -2.26. The van der Waals surface area contributed by atoms with Crippen LogP contribution in [-0.2, 0) is 26.7 Å². The van der Waals surface area contributed by atoms with Gasteiger partial charge in [0, 0.05) is 12.6 Å². The van der Waals surface area contributed by atoms with E-state index in [1.165, 1.54) is 16.4 Å². The molecule has 154 valence electrons. The van der Waals surface area contributed by atoms with Crippen LogP contribution in [-0.4, -0.2) is 33.4 Å². The van der Waals surface area contributed by atoms with Gasteiger partial charge in [0.2, 0.25) is 10.0 Å². The van der Waals surface area contributed by atoms with Crippen molar-refractivity contribution in [2.24, 2.45) is 0 Å². The van der Waals surface area contributed by atoms with Crippen molar-refractivity contribution in [3.8, 4) is 5.75 Å². The van der Waals surface area contributed by atoms with Crippen molar-refractivity contribution in [2.75, 3.05) is 6.26 Å². The van der Waals surface area contributed by atoms with Gasteiger partial charge in [-0.05, 0) is 54.4 Å². The maximum absolute atomic E-state index is 13.3. The molecule has 6 nitrogen and oxygen atoms in total. The van der Waals surface area contributed by atoms with E-state index in [2.05, 4.69) is 0 Å². The van der Waals surface area contributed by atoms with Crippen LogP contribution < -0.4 is 4.18 Å². The number of sulfonamides is 1. The average Bonchev–Trinajstić information content (AvgIpc) is 2.64. The summed E-state index contributed by atoms with van der Waals surface area (Å²) >= 11 is 0. The minimum Gasteiger partial charge on any atom is -0.383 e. The Morgan fingerprint density at radius 1 is 0.862 bits per heavy atom. The number of rotatable bonds is 7. The summed E-state index contributed by atoms with van der Waals surface area (Å²) in [5.41, 5.74) is 0.629. The molecule has 0 unspecified atom stereocenters. The second kappa shape index (κ2) is 8.14. The Morgan fingerprint density at radius 2 is 1.55 bits per heavy atom. The summed E-state index contributed by atoms with van der Waals surface area (Å²) in [4.78, 5) is 0.216. The third kappa shape index (κ3) is 5.14. The average molecular weight is 434 g/mol. The van der Waals surface area contributed by atoms with E-state index in [4.69, 9.17) is 4.18 Å². The fourth-order valence-electron chi connectivity index (χ4n) is 3.06. The van der Waals surface area contributed by atoms with E-state index in [9.17, 15) is 16.8 Å². The van der Waals surface area contributed by atoms with Crippen LogP contribution in [0.4, 0.5) is 0 Å². The molecule has 8 heteroatoms. The first-order valence-electron chi connectivity index (χ1n) is 9.05. The van der Waals surface area contributed by atoms with Gasteiger partial charge < -0.3 is 4.18 Å². The summed E-state index contributed by atoms with van der Waals surface area (Å²) < 4.78 is 55.7. The summed E-state index contributed by atoms with van der Waals surface area (Å²) in [6.07, 6.45) is 0.963. The molecule has 0 aliphatic carbocycles. The summed E-state index contributed by atoms with van der Waals surface area (Å²) in [5.74, 6) is 0.150. The van der Waals surface area contributed by atoms with Crippen molar-refractivity contribution in [2.45, 2.75) is 31.3 Å². The van der Waals surface area contributed by atoms with Crippen LogP contribution in [0.15, 0.2) is 71.6 Å². The van der Waals surface area contributed by atoms with E-state index in [0.29, 0.717) is 5.56 Å². The molecule has 0 saturated heterocycles. The largest absolute Gasteiger partial charge is 0.383 e. The highest BCUT2D eigenvalue weighted by Gasteiger charge is 2.27. The monoisotopic (exact) mass is 433 g/mol. The minimum absolute atomic E-state index is 0.0911. The quantitative estimate of drug-likeness (QED) is 0.530. The Bertz CT molecular complexity index is 1230. The molecule has 0 bridgehead atoms. The summed E-state index contributed by atoms with van der Waals surface area (Å²) in [5, 5.41) is 1.81. The zero-order chi connectivity index (χ0) is 21.2. The van der Waals surface area contributed by atoms with Crippen LogP contribution in [0.3, 0.4) is 0 Å². The molecule has 0 saturated carbocycles. The predicted octanol–water partition coefficient (Wildman–Crippen LogP) is 3.78. The van der Waals surface area contributed by atoms with Gasteiger partial charge in [0.1, 0.15) is 5.75 Å². The molecule has 0 spiro atoms. The Morgan fingerprint density at radius 3 is 2.21 bits per heavy atom. The van der Waals surface area contributed by atoms with Gasteiger partial charge in [-0.1, -0.05) is 42.5 Å². The van der Waals surface area contributed by atoms with Gasteiger partial charge in [-0.2, -0.15) is 12.7 Å². The topological polar surface area (TPSA) is 80.8 Å². The van der Waals surface area contributed by atoms with Crippen LogP contribution in [0.1, 0.15) is 19.4 Å². The molecule has 3 aromatic carbocycles. The minimum atomic E-state index is -3.76. The smallest absolute Gasteiger partial charge is 0.306 e. The van der Waals surface area contributed by atoms with E-state index >= 15 is 0 Å². The summed E-state index contributed by atoms with van der Waals surface area (Å²) in [6.45, 7) is 3.69. The van der Waals surface area contributed by atoms with E-state index < -0.39 is 20.1 Å². The van der Waals surface area contributed by atoms with Crippen molar-refractivity contribution in [3.05, 3.63) is 72.3 Å². The first-order chi connectivity index (χ1) is 13.6. The van der Waals surface area contributed by atoms with Gasteiger partial charge in [0.25, 0.3) is 0 Å². The van der Waals surface area contributed by atoms with Gasteiger partial charge in [-0.25, -0.2) is 8.42 Å². The molecule has 29 heavy (non-hydrogen) atoms. The van der Waals surface area contributed by atoms with Gasteiger partial charge in [0.15, 0.2) is 0 Å². The van der Waals surface area contributed by atoms with E-state index in [1.54, 1.807) is 44.2 Å². The Balaban J connectivity index is 1.95. The maximum Gasteiger partial charge on any atom is 0.306 e. The normalized spacial score (nSPS) is 12.6. The molecule has 0 fully saturated rings. The molecule has 0 N–H and O–H groups in total. The number of hydrogen-bond donors (Lipinski definition) is 0. The van der Waals surface area contributed by atoms with E-state index in [0.717, 1.165) is 17.0 Å². The Labute approximate surface area is 171 Å². The number of nitrogens with zero attached hydrogens (tertiary/aromatic N) is 1. The first kappa shape index (κ1) is 21.3. The van der Waals surface area contributed by atoms with Crippen molar-refractivity contribution in [1.29, 1.82) is 0 Å². The van der Waals surface area contributed by atoms with Crippen LogP contribution >= 0.6 is 0 Å². The van der Waals surface area contributed by atoms with Crippen molar-refractivity contribution in [3.63, 3.8) is 0 Å². The van der Waals surface area contributed by atoms with Gasteiger partial charge >= 0.3 is 10.1 Å².